The minimum atomic E-state index is -0.412. The lowest BCUT2D eigenvalue weighted by molar-refractivity contribution is 0.0992. The van der Waals surface area contributed by atoms with Crippen LogP contribution in [0.4, 0.5) is 5.69 Å². The molecule has 26 heavy (non-hydrogen) atoms. The number of carbonyl (C=O) groups excluding carboxylic acids is 1. The van der Waals surface area contributed by atoms with Crippen molar-refractivity contribution in [1.29, 1.82) is 5.26 Å². The molecule has 0 saturated heterocycles. The normalized spacial score (nSPS) is 10.2. The second-order valence-electron chi connectivity index (χ2n) is 5.99. The van der Waals surface area contributed by atoms with E-state index in [9.17, 15) is 4.79 Å². The van der Waals surface area contributed by atoms with Gasteiger partial charge in [0.05, 0.1) is 11.3 Å². The Morgan fingerprint density at radius 1 is 1.12 bits per heavy atom. The molecule has 130 valence electrons. The number of carbonyl (C=O) groups is 1. The van der Waals surface area contributed by atoms with E-state index in [-0.39, 0.29) is 12.4 Å². The summed E-state index contributed by atoms with van der Waals surface area (Å²) in [5, 5.41) is 11.8. The molecule has 0 bridgehead atoms. The number of furan rings is 1. The summed E-state index contributed by atoms with van der Waals surface area (Å²) in [7, 11) is 0. The predicted molar refractivity (Wildman–Crippen MR) is 98.1 cm³/mol. The van der Waals surface area contributed by atoms with Gasteiger partial charge < -0.3 is 14.5 Å². The molecule has 3 aromatic rings. The van der Waals surface area contributed by atoms with Gasteiger partial charge in [0.25, 0.3) is 5.91 Å². The number of para-hydroxylation sites is 1. The Morgan fingerprint density at radius 3 is 2.58 bits per heavy atom. The molecule has 0 aliphatic carbocycles. The van der Waals surface area contributed by atoms with Crippen molar-refractivity contribution in [3.05, 3.63) is 82.8 Å². The fraction of sp³-hybridized carbons (Fsp3) is 0.143. The van der Waals surface area contributed by atoms with Crippen LogP contribution in [0.3, 0.4) is 0 Å². The maximum atomic E-state index is 12.3. The third-order valence-corrected chi connectivity index (χ3v) is 3.76. The zero-order valence-corrected chi connectivity index (χ0v) is 14.6. The van der Waals surface area contributed by atoms with Crippen LogP contribution < -0.4 is 10.1 Å². The highest BCUT2D eigenvalue weighted by molar-refractivity contribution is 6.03. The second kappa shape index (κ2) is 7.58. The number of nitrogens with one attached hydrogen (secondary N) is 1. The second-order valence-corrected chi connectivity index (χ2v) is 5.99. The highest BCUT2D eigenvalue weighted by atomic mass is 16.5. The number of anilines is 1. The molecular formula is C21H18N2O3. The van der Waals surface area contributed by atoms with Crippen LogP contribution in [-0.2, 0) is 6.61 Å². The smallest absolute Gasteiger partial charge is 0.291 e. The molecule has 3 rings (SSSR count). The van der Waals surface area contributed by atoms with E-state index in [1.54, 1.807) is 36.4 Å². The maximum Gasteiger partial charge on any atom is 0.291 e. The number of amides is 1. The number of rotatable bonds is 5. The topological polar surface area (TPSA) is 75.3 Å². The third kappa shape index (κ3) is 4.11. The summed E-state index contributed by atoms with van der Waals surface area (Å²) < 4.78 is 11.3. The molecule has 5 nitrogen and oxygen atoms in total. The number of hydrogen-bond donors (Lipinski definition) is 1. The lowest BCUT2D eigenvalue weighted by Crippen LogP contribution is -2.11. The van der Waals surface area contributed by atoms with E-state index < -0.39 is 5.91 Å². The lowest BCUT2D eigenvalue weighted by atomic mass is 10.1. The summed E-state index contributed by atoms with van der Waals surface area (Å²) in [6, 6.07) is 18.1. The summed E-state index contributed by atoms with van der Waals surface area (Å²) in [5.74, 6) is 1.05. The minimum Gasteiger partial charge on any atom is -0.486 e. The summed E-state index contributed by atoms with van der Waals surface area (Å²) in [6.07, 6.45) is 0. The number of ether oxygens (including phenoxy) is 1. The quantitative estimate of drug-likeness (QED) is 0.732. The van der Waals surface area contributed by atoms with Gasteiger partial charge in [-0.25, -0.2) is 0 Å². The van der Waals surface area contributed by atoms with Gasteiger partial charge in [-0.05, 0) is 61.4 Å². The van der Waals surface area contributed by atoms with E-state index in [1.165, 1.54) is 0 Å². The summed E-state index contributed by atoms with van der Waals surface area (Å²) in [6.45, 7) is 4.24. The summed E-state index contributed by atoms with van der Waals surface area (Å²) in [5.41, 5.74) is 3.08. The van der Waals surface area contributed by atoms with Crippen molar-refractivity contribution in [3.8, 4) is 11.8 Å². The fourth-order valence-corrected chi connectivity index (χ4v) is 2.62. The zero-order valence-electron chi connectivity index (χ0n) is 14.6. The molecule has 0 unspecified atom stereocenters. The Kier molecular flexibility index (Phi) is 5.04. The van der Waals surface area contributed by atoms with Crippen molar-refractivity contribution in [3.63, 3.8) is 0 Å². The fourth-order valence-electron chi connectivity index (χ4n) is 2.62. The van der Waals surface area contributed by atoms with Crippen LogP contribution in [-0.4, -0.2) is 5.91 Å². The van der Waals surface area contributed by atoms with Crippen molar-refractivity contribution in [1.82, 2.24) is 0 Å². The van der Waals surface area contributed by atoms with Crippen LogP contribution >= 0.6 is 0 Å². The van der Waals surface area contributed by atoms with Crippen LogP contribution in [0, 0.1) is 25.2 Å². The first-order valence-corrected chi connectivity index (χ1v) is 8.15. The molecule has 0 radical (unpaired) electrons. The number of benzene rings is 2. The molecule has 0 fully saturated rings. The van der Waals surface area contributed by atoms with E-state index in [2.05, 4.69) is 11.4 Å². The van der Waals surface area contributed by atoms with E-state index in [0.29, 0.717) is 17.0 Å². The van der Waals surface area contributed by atoms with Gasteiger partial charge in [-0.15, -0.1) is 0 Å². The maximum absolute atomic E-state index is 12.3. The molecule has 2 aromatic carbocycles. The number of nitriles is 1. The van der Waals surface area contributed by atoms with Crippen LogP contribution in [0.25, 0.3) is 0 Å². The van der Waals surface area contributed by atoms with Gasteiger partial charge in [0.15, 0.2) is 5.76 Å². The summed E-state index contributed by atoms with van der Waals surface area (Å²) in [4.78, 5) is 12.3. The van der Waals surface area contributed by atoms with Gasteiger partial charge in [0, 0.05) is 0 Å². The molecule has 1 heterocycles. The number of aryl methyl sites for hydroxylation is 2. The standard InChI is InChI=1S/C21H18N2O3/c1-14-9-15(2)11-18(10-14)25-13-17-7-8-20(26-17)21(24)23-19-6-4-3-5-16(19)12-22/h3-11H,13H2,1-2H3,(H,23,24). The molecule has 1 amide bonds. The van der Waals surface area contributed by atoms with Crippen molar-refractivity contribution in [2.45, 2.75) is 20.5 Å². The van der Waals surface area contributed by atoms with Gasteiger partial charge in [-0.3, -0.25) is 4.79 Å². The molecule has 0 atom stereocenters. The van der Waals surface area contributed by atoms with Gasteiger partial charge in [0.1, 0.15) is 24.2 Å². The van der Waals surface area contributed by atoms with Gasteiger partial charge in [0.2, 0.25) is 0 Å². The lowest BCUT2D eigenvalue weighted by Gasteiger charge is -2.07. The highest BCUT2D eigenvalue weighted by Crippen LogP contribution is 2.19. The first kappa shape index (κ1) is 17.3. The van der Waals surface area contributed by atoms with E-state index in [1.807, 2.05) is 32.0 Å². The Morgan fingerprint density at radius 2 is 1.85 bits per heavy atom. The van der Waals surface area contributed by atoms with Gasteiger partial charge >= 0.3 is 0 Å². The molecule has 1 aromatic heterocycles. The van der Waals surface area contributed by atoms with Crippen LogP contribution in [0.5, 0.6) is 5.75 Å². The van der Waals surface area contributed by atoms with Crippen LogP contribution in [0.1, 0.15) is 33.0 Å². The van der Waals surface area contributed by atoms with Gasteiger partial charge in [-0.1, -0.05) is 18.2 Å². The largest absolute Gasteiger partial charge is 0.486 e. The molecular weight excluding hydrogens is 328 g/mol. The molecule has 0 aliphatic heterocycles. The van der Waals surface area contributed by atoms with E-state index in [4.69, 9.17) is 14.4 Å². The first-order chi connectivity index (χ1) is 12.5. The van der Waals surface area contributed by atoms with E-state index in [0.717, 1.165) is 16.9 Å². The van der Waals surface area contributed by atoms with Crippen LogP contribution in [0.15, 0.2) is 59.0 Å². The Hall–Kier alpha value is -3.52. The SMILES string of the molecule is Cc1cc(C)cc(OCc2ccc(C(=O)Nc3ccccc3C#N)o2)c1. The highest BCUT2D eigenvalue weighted by Gasteiger charge is 2.13. The van der Waals surface area contributed by atoms with Gasteiger partial charge in [-0.2, -0.15) is 5.26 Å². The number of hydrogen-bond acceptors (Lipinski definition) is 4. The Labute approximate surface area is 151 Å². The van der Waals surface area contributed by atoms with Crippen molar-refractivity contribution >= 4 is 11.6 Å². The molecule has 1 N–H and O–H groups in total. The van der Waals surface area contributed by atoms with Crippen molar-refractivity contribution in [2.24, 2.45) is 0 Å². The molecule has 0 saturated carbocycles. The predicted octanol–water partition coefficient (Wildman–Crippen LogP) is 4.60. The average molecular weight is 346 g/mol. The summed E-state index contributed by atoms with van der Waals surface area (Å²) >= 11 is 0. The molecule has 5 heteroatoms. The Balaban J connectivity index is 1.65. The molecule has 0 spiro atoms. The van der Waals surface area contributed by atoms with Crippen molar-refractivity contribution < 1.29 is 13.9 Å². The van der Waals surface area contributed by atoms with Crippen LogP contribution in [0.2, 0.25) is 0 Å². The molecule has 0 aliphatic rings. The zero-order chi connectivity index (χ0) is 18.5. The monoisotopic (exact) mass is 346 g/mol. The van der Waals surface area contributed by atoms with Crippen molar-refractivity contribution in [2.75, 3.05) is 5.32 Å². The average Bonchev–Trinajstić information content (AvgIpc) is 3.09. The Bertz CT molecular complexity index is 963. The van der Waals surface area contributed by atoms with E-state index >= 15 is 0 Å². The first-order valence-electron chi connectivity index (χ1n) is 8.15. The minimum absolute atomic E-state index is 0.164. The third-order valence-electron chi connectivity index (χ3n) is 3.76. The number of nitrogens with zero attached hydrogens (tertiary/aromatic N) is 1.